The monoisotopic (exact) mass is 386 g/mol. The maximum Gasteiger partial charge on any atom is 0.328 e. The van der Waals surface area contributed by atoms with Gasteiger partial charge in [0.25, 0.3) is 0 Å². The lowest BCUT2D eigenvalue weighted by atomic mass is 10.1. The van der Waals surface area contributed by atoms with E-state index in [2.05, 4.69) is 10.6 Å². The van der Waals surface area contributed by atoms with Gasteiger partial charge in [0.15, 0.2) is 0 Å². The molecule has 0 aromatic heterocycles. The molecule has 3 aromatic carbocycles. The Bertz CT molecular complexity index is 968. The fourth-order valence-corrected chi connectivity index (χ4v) is 2.95. The van der Waals surface area contributed by atoms with E-state index in [1.807, 2.05) is 84.9 Å². The predicted octanol–water partition coefficient (Wildman–Crippen LogP) is 4.73. The molecule has 0 aliphatic rings. The SMILES string of the molecule is O=C(O)/C=C/[C@@H](Cc1ccccc1)NC(=O)Nc1ccc(-c2ccccc2)cc1. The topological polar surface area (TPSA) is 78.4 Å². The predicted molar refractivity (Wildman–Crippen MR) is 115 cm³/mol. The summed E-state index contributed by atoms with van der Waals surface area (Å²) in [7, 11) is 0. The highest BCUT2D eigenvalue weighted by molar-refractivity contribution is 5.90. The highest BCUT2D eigenvalue weighted by atomic mass is 16.4. The van der Waals surface area contributed by atoms with Gasteiger partial charge in [-0.3, -0.25) is 0 Å². The molecule has 1 atom stereocenters. The van der Waals surface area contributed by atoms with Crippen LogP contribution in [0.15, 0.2) is 97.1 Å². The third-order valence-corrected chi connectivity index (χ3v) is 4.34. The molecule has 146 valence electrons. The summed E-state index contributed by atoms with van der Waals surface area (Å²) in [6.07, 6.45) is 3.01. The Kier molecular flexibility index (Phi) is 6.79. The Hall–Kier alpha value is -3.86. The van der Waals surface area contributed by atoms with E-state index in [1.54, 1.807) is 0 Å². The zero-order chi connectivity index (χ0) is 20.5. The standard InChI is InChI=1S/C24H22N2O3/c27-23(28)16-15-22(17-18-7-3-1-4-8-18)26-24(29)25-21-13-11-20(12-14-21)19-9-5-2-6-10-19/h1-16,22H,17H2,(H,27,28)(H2,25,26,29)/b16-15+/t22-/m0/s1. The van der Waals surface area contributed by atoms with Crippen LogP contribution in [-0.4, -0.2) is 23.1 Å². The van der Waals surface area contributed by atoms with Crippen LogP contribution in [0, 0.1) is 0 Å². The Labute approximate surface area is 169 Å². The number of benzene rings is 3. The first-order chi connectivity index (χ1) is 14.1. The second-order valence-electron chi connectivity index (χ2n) is 6.54. The van der Waals surface area contributed by atoms with Gasteiger partial charge in [-0.05, 0) is 35.2 Å². The van der Waals surface area contributed by atoms with Crippen molar-refractivity contribution >= 4 is 17.7 Å². The summed E-state index contributed by atoms with van der Waals surface area (Å²) in [5, 5.41) is 14.5. The molecule has 0 radical (unpaired) electrons. The maximum absolute atomic E-state index is 12.4. The Morgan fingerprint density at radius 3 is 2.03 bits per heavy atom. The number of amides is 2. The van der Waals surface area contributed by atoms with Gasteiger partial charge >= 0.3 is 12.0 Å². The van der Waals surface area contributed by atoms with E-state index >= 15 is 0 Å². The van der Waals surface area contributed by atoms with Gasteiger partial charge in [-0.2, -0.15) is 0 Å². The number of anilines is 1. The number of carbonyl (C=O) groups excluding carboxylic acids is 1. The summed E-state index contributed by atoms with van der Waals surface area (Å²) in [5.74, 6) is -1.05. The van der Waals surface area contributed by atoms with Crippen molar-refractivity contribution in [2.45, 2.75) is 12.5 Å². The molecule has 0 aliphatic carbocycles. The number of rotatable bonds is 7. The Balaban J connectivity index is 1.63. The Morgan fingerprint density at radius 1 is 0.828 bits per heavy atom. The van der Waals surface area contributed by atoms with Crippen molar-refractivity contribution in [1.82, 2.24) is 5.32 Å². The first kappa shape index (κ1) is 19.9. The van der Waals surface area contributed by atoms with Crippen LogP contribution in [0.25, 0.3) is 11.1 Å². The van der Waals surface area contributed by atoms with Crippen LogP contribution in [0.3, 0.4) is 0 Å². The van der Waals surface area contributed by atoms with E-state index in [0.717, 1.165) is 22.8 Å². The highest BCUT2D eigenvalue weighted by Gasteiger charge is 2.11. The molecular formula is C24H22N2O3. The molecule has 5 heteroatoms. The molecule has 0 heterocycles. The third kappa shape index (κ3) is 6.36. The van der Waals surface area contributed by atoms with Gasteiger partial charge in [-0.1, -0.05) is 78.9 Å². The lowest BCUT2D eigenvalue weighted by molar-refractivity contribution is -0.131. The minimum atomic E-state index is -1.05. The average molecular weight is 386 g/mol. The van der Waals surface area contributed by atoms with Crippen LogP contribution in [0.2, 0.25) is 0 Å². The van der Waals surface area contributed by atoms with E-state index < -0.39 is 18.0 Å². The van der Waals surface area contributed by atoms with Crippen molar-refractivity contribution in [2.75, 3.05) is 5.32 Å². The summed E-state index contributed by atoms with van der Waals surface area (Å²) in [5.41, 5.74) is 3.82. The number of carbonyl (C=O) groups is 2. The van der Waals surface area contributed by atoms with Gasteiger partial charge in [0.1, 0.15) is 0 Å². The van der Waals surface area contributed by atoms with Crippen molar-refractivity contribution in [2.24, 2.45) is 0 Å². The molecule has 0 saturated carbocycles. The van der Waals surface area contributed by atoms with Gasteiger partial charge in [0.05, 0.1) is 6.04 Å². The summed E-state index contributed by atoms with van der Waals surface area (Å²) in [4.78, 5) is 23.3. The summed E-state index contributed by atoms with van der Waals surface area (Å²) < 4.78 is 0. The number of urea groups is 1. The van der Waals surface area contributed by atoms with Gasteiger partial charge in [-0.15, -0.1) is 0 Å². The summed E-state index contributed by atoms with van der Waals surface area (Å²) in [6.45, 7) is 0. The number of nitrogens with one attached hydrogen (secondary N) is 2. The minimum absolute atomic E-state index is 0.395. The molecule has 0 bridgehead atoms. The van der Waals surface area contributed by atoms with Gasteiger partial charge in [-0.25, -0.2) is 9.59 Å². The lowest BCUT2D eigenvalue weighted by Gasteiger charge is -2.16. The summed E-state index contributed by atoms with van der Waals surface area (Å²) in [6, 6.07) is 26.3. The van der Waals surface area contributed by atoms with Crippen molar-refractivity contribution < 1.29 is 14.7 Å². The van der Waals surface area contributed by atoms with Crippen LogP contribution < -0.4 is 10.6 Å². The third-order valence-electron chi connectivity index (χ3n) is 4.34. The lowest BCUT2D eigenvalue weighted by Crippen LogP contribution is -2.38. The molecule has 2 amide bonds. The molecule has 0 saturated heterocycles. The number of carboxylic acid groups (broad SMARTS) is 1. The number of hydrogen-bond acceptors (Lipinski definition) is 2. The molecule has 0 aliphatic heterocycles. The quantitative estimate of drug-likeness (QED) is 0.514. The molecule has 29 heavy (non-hydrogen) atoms. The molecular weight excluding hydrogens is 364 g/mol. The fraction of sp³-hybridized carbons (Fsp3) is 0.0833. The number of hydrogen-bond donors (Lipinski definition) is 3. The zero-order valence-electron chi connectivity index (χ0n) is 15.8. The van der Waals surface area contributed by atoms with Crippen molar-refractivity contribution in [3.05, 3.63) is 103 Å². The number of aliphatic carboxylic acids is 1. The Morgan fingerprint density at radius 2 is 1.41 bits per heavy atom. The van der Waals surface area contributed by atoms with Crippen LogP contribution in [-0.2, 0) is 11.2 Å². The molecule has 3 aromatic rings. The van der Waals surface area contributed by atoms with Gasteiger partial charge in [0, 0.05) is 11.8 Å². The largest absolute Gasteiger partial charge is 0.478 e. The van der Waals surface area contributed by atoms with Gasteiger partial charge in [0.2, 0.25) is 0 Å². The minimum Gasteiger partial charge on any atom is -0.478 e. The molecule has 5 nitrogen and oxygen atoms in total. The van der Waals surface area contributed by atoms with Crippen LogP contribution in [0.5, 0.6) is 0 Å². The molecule has 3 rings (SSSR count). The van der Waals surface area contributed by atoms with E-state index in [9.17, 15) is 9.59 Å². The second kappa shape index (κ2) is 9.90. The fourth-order valence-electron chi connectivity index (χ4n) is 2.95. The van der Waals surface area contributed by atoms with Gasteiger partial charge < -0.3 is 15.7 Å². The van der Waals surface area contributed by atoms with Crippen molar-refractivity contribution in [3.63, 3.8) is 0 Å². The number of carboxylic acids is 1. The first-order valence-corrected chi connectivity index (χ1v) is 9.28. The second-order valence-corrected chi connectivity index (χ2v) is 6.54. The molecule has 0 fully saturated rings. The van der Waals surface area contributed by atoms with Crippen LogP contribution in [0.4, 0.5) is 10.5 Å². The summed E-state index contributed by atoms with van der Waals surface area (Å²) >= 11 is 0. The van der Waals surface area contributed by atoms with Crippen LogP contribution in [0.1, 0.15) is 5.56 Å². The highest BCUT2D eigenvalue weighted by Crippen LogP contribution is 2.21. The van der Waals surface area contributed by atoms with Crippen LogP contribution >= 0.6 is 0 Å². The smallest absolute Gasteiger partial charge is 0.328 e. The van der Waals surface area contributed by atoms with E-state index in [0.29, 0.717) is 12.1 Å². The van der Waals surface area contributed by atoms with E-state index in [-0.39, 0.29) is 0 Å². The van der Waals surface area contributed by atoms with E-state index in [1.165, 1.54) is 6.08 Å². The molecule has 0 spiro atoms. The molecule has 0 unspecified atom stereocenters. The van der Waals surface area contributed by atoms with Crippen molar-refractivity contribution in [3.8, 4) is 11.1 Å². The van der Waals surface area contributed by atoms with E-state index in [4.69, 9.17) is 5.11 Å². The first-order valence-electron chi connectivity index (χ1n) is 9.28. The zero-order valence-corrected chi connectivity index (χ0v) is 15.8. The van der Waals surface area contributed by atoms with Crippen molar-refractivity contribution in [1.29, 1.82) is 0 Å². The maximum atomic E-state index is 12.4. The molecule has 3 N–H and O–H groups in total. The average Bonchev–Trinajstić information content (AvgIpc) is 2.74. The normalized spacial score (nSPS) is 11.7.